The first-order chi connectivity index (χ1) is 10.1. The standard InChI is InChI=1S/C18H27Cl2N/c1-3-11-21-18(14-9-7-13(2)8-10-14)12-15-16(19)5-4-6-17(15)20/h4-6,13-14,18,21H,3,7-12H2,1-2H3. The molecule has 3 heteroatoms. The van der Waals surface area contributed by atoms with Crippen LogP contribution in [0.15, 0.2) is 18.2 Å². The van der Waals surface area contributed by atoms with Crippen LogP contribution >= 0.6 is 23.2 Å². The van der Waals surface area contributed by atoms with E-state index in [1.807, 2.05) is 18.2 Å². The molecule has 1 atom stereocenters. The normalized spacial score (nSPS) is 24.0. The molecule has 0 amide bonds. The average Bonchev–Trinajstić information content (AvgIpc) is 2.47. The van der Waals surface area contributed by atoms with Gasteiger partial charge in [-0.25, -0.2) is 0 Å². The first-order valence-corrected chi connectivity index (χ1v) is 9.03. The van der Waals surface area contributed by atoms with Crippen LogP contribution in [0, 0.1) is 11.8 Å². The van der Waals surface area contributed by atoms with Gasteiger partial charge in [0.15, 0.2) is 0 Å². The zero-order valence-corrected chi connectivity index (χ0v) is 14.7. The van der Waals surface area contributed by atoms with E-state index in [9.17, 15) is 0 Å². The number of rotatable bonds is 6. The van der Waals surface area contributed by atoms with E-state index in [2.05, 4.69) is 19.2 Å². The fraction of sp³-hybridized carbons (Fsp3) is 0.667. The third kappa shape index (κ3) is 4.87. The summed E-state index contributed by atoms with van der Waals surface area (Å²) in [5.41, 5.74) is 1.10. The van der Waals surface area contributed by atoms with Gasteiger partial charge in [0.1, 0.15) is 0 Å². The van der Waals surface area contributed by atoms with Crippen molar-refractivity contribution >= 4 is 23.2 Å². The van der Waals surface area contributed by atoms with Crippen LogP contribution in [0.1, 0.15) is 51.5 Å². The van der Waals surface area contributed by atoms with Gasteiger partial charge < -0.3 is 5.32 Å². The summed E-state index contributed by atoms with van der Waals surface area (Å²) in [7, 11) is 0. The highest BCUT2D eigenvalue weighted by Crippen LogP contribution is 2.33. The molecule has 0 radical (unpaired) electrons. The number of hydrogen-bond donors (Lipinski definition) is 1. The molecular weight excluding hydrogens is 301 g/mol. The molecule has 0 spiro atoms. The maximum Gasteiger partial charge on any atom is 0.0453 e. The Kier molecular flexibility index (Phi) is 6.85. The minimum absolute atomic E-state index is 0.495. The Labute approximate surface area is 139 Å². The molecule has 1 aromatic rings. The van der Waals surface area contributed by atoms with Crippen LogP contribution in [0.3, 0.4) is 0 Å². The van der Waals surface area contributed by atoms with E-state index in [0.717, 1.165) is 46.8 Å². The molecule has 1 aliphatic carbocycles. The van der Waals surface area contributed by atoms with Crippen molar-refractivity contribution in [3.8, 4) is 0 Å². The average molecular weight is 328 g/mol. The molecule has 1 aromatic carbocycles. The maximum absolute atomic E-state index is 6.36. The number of nitrogens with one attached hydrogen (secondary N) is 1. The number of benzene rings is 1. The summed E-state index contributed by atoms with van der Waals surface area (Å²) < 4.78 is 0. The summed E-state index contributed by atoms with van der Waals surface area (Å²) in [6.45, 7) is 5.66. The lowest BCUT2D eigenvalue weighted by Gasteiger charge is -2.34. The first-order valence-electron chi connectivity index (χ1n) is 8.28. The van der Waals surface area contributed by atoms with Crippen molar-refractivity contribution in [1.29, 1.82) is 0 Å². The van der Waals surface area contributed by atoms with Gasteiger partial charge >= 0.3 is 0 Å². The Morgan fingerprint density at radius 3 is 2.33 bits per heavy atom. The zero-order valence-electron chi connectivity index (χ0n) is 13.2. The topological polar surface area (TPSA) is 12.0 Å². The molecular formula is C18H27Cl2N. The van der Waals surface area contributed by atoms with E-state index in [-0.39, 0.29) is 0 Å². The Balaban J connectivity index is 2.08. The molecule has 0 heterocycles. The smallest absolute Gasteiger partial charge is 0.0453 e. The summed E-state index contributed by atoms with van der Waals surface area (Å²) >= 11 is 12.7. The summed E-state index contributed by atoms with van der Waals surface area (Å²) in [6, 6.07) is 6.31. The van der Waals surface area contributed by atoms with E-state index in [1.165, 1.54) is 25.7 Å². The molecule has 1 saturated carbocycles. The quantitative estimate of drug-likeness (QED) is 0.703. The molecule has 0 bridgehead atoms. The van der Waals surface area contributed by atoms with Gasteiger partial charge in [-0.15, -0.1) is 0 Å². The van der Waals surface area contributed by atoms with Gasteiger partial charge in [-0.3, -0.25) is 0 Å². The molecule has 1 aliphatic rings. The summed E-state index contributed by atoms with van der Waals surface area (Å²) in [4.78, 5) is 0. The lowest BCUT2D eigenvalue weighted by Crippen LogP contribution is -2.40. The second-order valence-electron chi connectivity index (χ2n) is 6.48. The van der Waals surface area contributed by atoms with Gasteiger partial charge in [0.2, 0.25) is 0 Å². The first kappa shape index (κ1) is 17.1. The van der Waals surface area contributed by atoms with Crippen LogP contribution in [-0.2, 0) is 6.42 Å². The molecule has 21 heavy (non-hydrogen) atoms. The minimum Gasteiger partial charge on any atom is -0.313 e. The third-order valence-corrected chi connectivity index (χ3v) is 5.48. The fourth-order valence-corrected chi connectivity index (χ4v) is 3.92. The molecule has 1 fully saturated rings. The third-order valence-electron chi connectivity index (χ3n) is 4.77. The molecule has 0 saturated heterocycles. The van der Waals surface area contributed by atoms with Crippen LogP contribution in [-0.4, -0.2) is 12.6 Å². The van der Waals surface area contributed by atoms with E-state index >= 15 is 0 Å². The van der Waals surface area contributed by atoms with Gasteiger partial charge in [0.25, 0.3) is 0 Å². The van der Waals surface area contributed by atoms with Gasteiger partial charge in [-0.1, -0.05) is 56.0 Å². The predicted molar refractivity (Wildman–Crippen MR) is 93.4 cm³/mol. The Morgan fingerprint density at radius 1 is 1.14 bits per heavy atom. The Bertz CT molecular complexity index is 419. The van der Waals surface area contributed by atoms with Crippen LogP contribution in [0.25, 0.3) is 0 Å². The highest BCUT2D eigenvalue weighted by molar-refractivity contribution is 6.36. The highest BCUT2D eigenvalue weighted by atomic mass is 35.5. The molecule has 1 unspecified atom stereocenters. The summed E-state index contributed by atoms with van der Waals surface area (Å²) in [6.07, 6.45) is 7.46. The summed E-state index contributed by atoms with van der Waals surface area (Å²) in [5, 5.41) is 5.34. The maximum atomic E-state index is 6.36. The van der Waals surface area contributed by atoms with Crippen molar-refractivity contribution in [1.82, 2.24) is 5.32 Å². The van der Waals surface area contributed by atoms with Crippen molar-refractivity contribution in [3.05, 3.63) is 33.8 Å². The molecule has 0 aromatic heterocycles. The molecule has 1 nitrogen and oxygen atoms in total. The van der Waals surface area contributed by atoms with Crippen LogP contribution in [0.2, 0.25) is 10.0 Å². The second kappa shape index (κ2) is 8.41. The largest absolute Gasteiger partial charge is 0.313 e. The lowest BCUT2D eigenvalue weighted by atomic mass is 9.77. The van der Waals surface area contributed by atoms with Gasteiger partial charge in [-0.2, -0.15) is 0 Å². The zero-order chi connectivity index (χ0) is 15.2. The van der Waals surface area contributed by atoms with Crippen molar-refractivity contribution in [2.75, 3.05) is 6.54 Å². The minimum atomic E-state index is 0.495. The van der Waals surface area contributed by atoms with Crippen LogP contribution in [0.5, 0.6) is 0 Å². The molecule has 118 valence electrons. The van der Waals surface area contributed by atoms with Crippen molar-refractivity contribution < 1.29 is 0 Å². The van der Waals surface area contributed by atoms with E-state index in [4.69, 9.17) is 23.2 Å². The van der Waals surface area contributed by atoms with Crippen molar-refractivity contribution in [2.24, 2.45) is 11.8 Å². The monoisotopic (exact) mass is 327 g/mol. The van der Waals surface area contributed by atoms with E-state index < -0.39 is 0 Å². The number of halogens is 2. The predicted octanol–water partition coefficient (Wildman–Crippen LogP) is 5.73. The molecule has 1 N–H and O–H groups in total. The van der Waals surface area contributed by atoms with E-state index in [0.29, 0.717) is 6.04 Å². The van der Waals surface area contributed by atoms with Gasteiger partial charge in [-0.05, 0) is 61.8 Å². The second-order valence-corrected chi connectivity index (χ2v) is 7.30. The van der Waals surface area contributed by atoms with Gasteiger partial charge in [0.05, 0.1) is 0 Å². The highest BCUT2D eigenvalue weighted by Gasteiger charge is 2.26. The molecule has 2 rings (SSSR count). The SMILES string of the molecule is CCCNC(Cc1c(Cl)cccc1Cl)C1CCC(C)CC1. The van der Waals surface area contributed by atoms with Crippen molar-refractivity contribution in [2.45, 2.75) is 58.4 Å². The lowest BCUT2D eigenvalue weighted by molar-refractivity contribution is 0.229. The number of hydrogen-bond acceptors (Lipinski definition) is 1. The fourth-order valence-electron chi connectivity index (χ4n) is 3.37. The Morgan fingerprint density at radius 2 is 1.76 bits per heavy atom. The van der Waals surface area contributed by atoms with Gasteiger partial charge in [0, 0.05) is 16.1 Å². The summed E-state index contributed by atoms with van der Waals surface area (Å²) in [5.74, 6) is 1.64. The van der Waals surface area contributed by atoms with Crippen molar-refractivity contribution in [3.63, 3.8) is 0 Å². The van der Waals surface area contributed by atoms with Crippen LogP contribution < -0.4 is 5.32 Å². The Hall–Kier alpha value is -0.240. The molecule has 0 aliphatic heterocycles. The van der Waals surface area contributed by atoms with E-state index in [1.54, 1.807) is 0 Å². The van der Waals surface area contributed by atoms with Crippen LogP contribution in [0.4, 0.5) is 0 Å².